The minimum atomic E-state index is 0.103. The standard InChI is InChI=1S/C14H17N3O2/c1-3-7-15-13-6-8-16-14(17-13)10-4-5-11(18)12(9-10)19-2/h4-6,8-9,18H,3,7H2,1-2H3,(H,15,16,17). The number of anilines is 1. The van der Waals surface area contributed by atoms with Gasteiger partial charge in [0.05, 0.1) is 7.11 Å². The number of nitrogens with zero attached hydrogens (tertiary/aromatic N) is 2. The van der Waals surface area contributed by atoms with E-state index in [1.807, 2.05) is 6.07 Å². The number of nitrogens with one attached hydrogen (secondary N) is 1. The second-order valence-corrected chi connectivity index (χ2v) is 4.08. The van der Waals surface area contributed by atoms with Crippen LogP contribution in [0.4, 0.5) is 5.82 Å². The summed E-state index contributed by atoms with van der Waals surface area (Å²) in [6, 6.07) is 6.88. The molecule has 0 saturated carbocycles. The number of methoxy groups -OCH3 is 1. The molecule has 0 aliphatic rings. The first-order chi connectivity index (χ1) is 9.24. The number of phenolic OH excluding ortho intramolecular Hbond substituents is 1. The highest BCUT2D eigenvalue weighted by atomic mass is 16.5. The number of aromatic hydroxyl groups is 1. The highest BCUT2D eigenvalue weighted by Crippen LogP contribution is 2.30. The predicted octanol–water partition coefficient (Wildman–Crippen LogP) is 2.68. The first-order valence-electron chi connectivity index (χ1n) is 6.19. The Morgan fingerprint density at radius 1 is 1.32 bits per heavy atom. The molecule has 1 aromatic carbocycles. The Morgan fingerprint density at radius 3 is 2.89 bits per heavy atom. The van der Waals surface area contributed by atoms with Crippen LogP contribution in [0.15, 0.2) is 30.5 Å². The molecule has 0 aliphatic heterocycles. The second-order valence-electron chi connectivity index (χ2n) is 4.08. The zero-order valence-corrected chi connectivity index (χ0v) is 11.1. The molecule has 1 heterocycles. The SMILES string of the molecule is CCCNc1ccnc(-c2ccc(O)c(OC)c2)n1. The Morgan fingerprint density at radius 2 is 2.16 bits per heavy atom. The molecular weight excluding hydrogens is 242 g/mol. The van der Waals surface area contributed by atoms with Crippen molar-refractivity contribution in [3.05, 3.63) is 30.5 Å². The smallest absolute Gasteiger partial charge is 0.161 e. The molecule has 0 amide bonds. The van der Waals surface area contributed by atoms with Crippen molar-refractivity contribution in [2.45, 2.75) is 13.3 Å². The van der Waals surface area contributed by atoms with Crippen molar-refractivity contribution >= 4 is 5.82 Å². The van der Waals surface area contributed by atoms with Crippen LogP contribution in [0.25, 0.3) is 11.4 Å². The van der Waals surface area contributed by atoms with Crippen LogP contribution in [0.5, 0.6) is 11.5 Å². The third-order valence-corrected chi connectivity index (χ3v) is 2.65. The highest BCUT2D eigenvalue weighted by molar-refractivity contribution is 5.61. The number of aromatic nitrogens is 2. The molecule has 0 radical (unpaired) electrons. The van der Waals surface area contributed by atoms with Crippen LogP contribution in [0, 0.1) is 0 Å². The van der Waals surface area contributed by atoms with Crippen molar-refractivity contribution in [1.82, 2.24) is 9.97 Å². The molecule has 19 heavy (non-hydrogen) atoms. The van der Waals surface area contributed by atoms with Gasteiger partial charge in [-0.1, -0.05) is 6.92 Å². The Kier molecular flexibility index (Phi) is 4.18. The quantitative estimate of drug-likeness (QED) is 0.864. The van der Waals surface area contributed by atoms with Crippen molar-refractivity contribution in [3.63, 3.8) is 0 Å². The van der Waals surface area contributed by atoms with E-state index in [0.717, 1.165) is 24.3 Å². The van der Waals surface area contributed by atoms with Crippen molar-refractivity contribution < 1.29 is 9.84 Å². The lowest BCUT2D eigenvalue weighted by Crippen LogP contribution is -2.03. The van der Waals surface area contributed by atoms with E-state index in [9.17, 15) is 5.11 Å². The van der Waals surface area contributed by atoms with Gasteiger partial charge in [0.25, 0.3) is 0 Å². The Bertz CT molecular complexity index is 558. The largest absolute Gasteiger partial charge is 0.504 e. The topological polar surface area (TPSA) is 67.3 Å². The molecule has 0 bridgehead atoms. The first kappa shape index (κ1) is 13.1. The zero-order chi connectivity index (χ0) is 13.7. The summed E-state index contributed by atoms with van der Waals surface area (Å²) < 4.78 is 5.08. The summed E-state index contributed by atoms with van der Waals surface area (Å²) in [6.07, 6.45) is 2.74. The predicted molar refractivity (Wildman–Crippen MR) is 74.5 cm³/mol. The van der Waals surface area contributed by atoms with Crippen molar-refractivity contribution in [3.8, 4) is 22.9 Å². The van der Waals surface area contributed by atoms with Gasteiger partial charge >= 0.3 is 0 Å². The van der Waals surface area contributed by atoms with Gasteiger partial charge in [-0.25, -0.2) is 9.97 Å². The maximum atomic E-state index is 9.57. The Labute approximate surface area is 112 Å². The van der Waals surface area contributed by atoms with Gasteiger partial charge in [0.2, 0.25) is 0 Å². The van der Waals surface area contributed by atoms with E-state index < -0.39 is 0 Å². The molecule has 0 spiro atoms. The summed E-state index contributed by atoms with van der Waals surface area (Å²) in [6.45, 7) is 2.97. The lowest BCUT2D eigenvalue weighted by Gasteiger charge is -2.08. The van der Waals surface area contributed by atoms with E-state index in [2.05, 4.69) is 22.2 Å². The van der Waals surface area contributed by atoms with Crippen LogP contribution in [0.3, 0.4) is 0 Å². The molecule has 0 atom stereocenters. The summed E-state index contributed by atoms with van der Waals surface area (Å²) in [4.78, 5) is 8.66. The minimum absolute atomic E-state index is 0.103. The first-order valence-corrected chi connectivity index (χ1v) is 6.19. The lowest BCUT2D eigenvalue weighted by atomic mass is 10.2. The van der Waals surface area contributed by atoms with Crippen LogP contribution in [0.1, 0.15) is 13.3 Å². The van der Waals surface area contributed by atoms with Gasteiger partial charge in [0.1, 0.15) is 5.82 Å². The Balaban J connectivity index is 2.30. The van der Waals surface area contributed by atoms with Gasteiger partial charge < -0.3 is 15.2 Å². The number of phenols is 1. The number of hydrogen-bond acceptors (Lipinski definition) is 5. The van der Waals surface area contributed by atoms with E-state index in [4.69, 9.17) is 4.74 Å². The summed E-state index contributed by atoms with van der Waals surface area (Å²) in [5, 5.41) is 12.8. The van der Waals surface area contributed by atoms with Gasteiger partial charge in [-0.2, -0.15) is 0 Å². The average molecular weight is 259 g/mol. The summed E-state index contributed by atoms with van der Waals surface area (Å²) >= 11 is 0. The summed E-state index contributed by atoms with van der Waals surface area (Å²) in [5.74, 6) is 1.90. The van der Waals surface area contributed by atoms with Crippen molar-refractivity contribution in [2.75, 3.05) is 19.0 Å². The highest BCUT2D eigenvalue weighted by Gasteiger charge is 2.07. The van der Waals surface area contributed by atoms with Gasteiger partial charge in [-0.15, -0.1) is 0 Å². The van der Waals surface area contributed by atoms with Gasteiger partial charge in [0.15, 0.2) is 17.3 Å². The van der Waals surface area contributed by atoms with E-state index >= 15 is 0 Å². The molecule has 0 saturated heterocycles. The second kappa shape index (κ2) is 6.04. The lowest BCUT2D eigenvalue weighted by molar-refractivity contribution is 0.373. The molecule has 0 fully saturated rings. The van der Waals surface area contributed by atoms with Crippen LogP contribution >= 0.6 is 0 Å². The number of benzene rings is 1. The summed E-state index contributed by atoms with van der Waals surface area (Å²) in [7, 11) is 1.51. The molecule has 0 unspecified atom stereocenters. The maximum Gasteiger partial charge on any atom is 0.161 e. The van der Waals surface area contributed by atoms with E-state index in [-0.39, 0.29) is 5.75 Å². The average Bonchev–Trinajstić information content (AvgIpc) is 2.46. The van der Waals surface area contributed by atoms with Crippen molar-refractivity contribution in [2.24, 2.45) is 0 Å². The molecule has 5 nitrogen and oxygen atoms in total. The number of ether oxygens (including phenoxy) is 1. The van der Waals surface area contributed by atoms with Crippen LogP contribution in [-0.2, 0) is 0 Å². The van der Waals surface area contributed by atoms with Crippen molar-refractivity contribution in [1.29, 1.82) is 0 Å². The van der Waals surface area contributed by atoms with Crippen LogP contribution in [-0.4, -0.2) is 28.7 Å². The van der Waals surface area contributed by atoms with E-state index in [1.54, 1.807) is 24.4 Å². The van der Waals surface area contributed by atoms with Crippen LogP contribution < -0.4 is 10.1 Å². The third-order valence-electron chi connectivity index (χ3n) is 2.65. The van der Waals surface area contributed by atoms with Crippen LogP contribution in [0.2, 0.25) is 0 Å². The van der Waals surface area contributed by atoms with Gasteiger partial charge in [-0.05, 0) is 30.7 Å². The number of hydrogen-bond donors (Lipinski definition) is 2. The maximum absolute atomic E-state index is 9.57. The summed E-state index contributed by atoms with van der Waals surface area (Å²) in [5.41, 5.74) is 0.801. The fourth-order valence-electron chi connectivity index (χ4n) is 1.67. The molecular formula is C14H17N3O2. The molecule has 2 aromatic rings. The number of rotatable bonds is 5. The molecule has 2 rings (SSSR count). The Hall–Kier alpha value is -2.30. The normalized spacial score (nSPS) is 10.2. The van der Waals surface area contributed by atoms with Gasteiger partial charge in [0, 0.05) is 18.3 Å². The molecule has 100 valence electrons. The van der Waals surface area contributed by atoms with Gasteiger partial charge in [-0.3, -0.25) is 0 Å². The zero-order valence-electron chi connectivity index (χ0n) is 11.1. The van der Waals surface area contributed by atoms with E-state index in [1.165, 1.54) is 7.11 Å². The van der Waals surface area contributed by atoms with E-state index in [0.29, 0.717) is 11.6 Å². The molecule has 0 aliphatic carbocycles. The fourth-order valence-corrected chi connectivity index (χ4v) is 1.67. The third kappa shape index (κ3) is 3.13. The molecule has 5 heteroatoms. The molecule has 1 aromatic heterocycles. The molecule has 2 N–H and O–H groups in total. The fraction of sp³-hybridized carbons (Fsp3) is 0.286. The minimum Gasteiger partial charge on any atom is -0.504 e. The monoisotopic (exact) mass is 259 g/mol.